The van der Waals surface area contributed by atoms with Crippen LogP contribution in [0.4, 0.5) is 20.3 Å². The molecule has 4 atom stereocenters. The van der Waals surface area contributed by atoms with Crippen molar-refractivity contribution >= 4 is 28.4 Å². The van der Waals surface area contributed by atoms with E-state index in [-0.39, 0.29) is 58.4 Å². The Balaban J connectivity index is 1.80. The molecular weight excluding hydrogens is 540 g/mol. The molecule has 3 N–H and O–H groups in total. The standard InChI is InChI=1S/C31H37F2N7O2/c1-7-24(41)38-14-19(6)39(15-18(38)5)29-20-13-22(33)27(25-21(32)9-8-10-23(25)34)36-30(20)40(31(42)37-29)28-17(4)11-12-35-26(28)16(2)3/h7-11,13,16,18-19,26,28,35H,1,12,14-15,34H2,2-6H3/t18-,19+,26?,28?/m1/s1. The first-order valence-electron chi connectivity index (χ1n) is 14.2. The lowest BCUT2D eigenvalue weighted by atomic mass is 9.88. The number of nitrogens with zero attached hydrogens (tertiary/aromatic N) is 5. The van der Waals surface area contributed by atoms with Gasteiger partial charge in [-0.1, -0.05) is 38.1 Å². The second-order valence-electron chi connectivity index (χ2n) is 11.6. The molecule has 1 fully saturated rings. The summed E-state index contributed by atoms with van der Waals surface area (Å²) < 4.78 is 32.5. The van der Waals surface area contributed by atoms with Crippen molar-refractivity contribution in [1.29, 1.82) is 0 Å². The quantitative estimate of drug-likeness (QED) is 0.268. The number of hydrogen-bond acceptors (Lipinski definition) is 7. The van der Waals surface area contributed by atoms with E-state index in [1.165, 1.54) is 34.9 Å². The topological polar surface area (TPSA) is 109 Å². The summed E-state index contributed by atoms with van der Waals surface area (Å²) in [5.41, 5.74) is 6.26. The van der Waals surface area contributed by atoms with Crippen LogP contribution in [0.25, 0.3) is 22.3 Å². The van der Waals surface area contributed by atoms with Gasteiger partial charge in [0, 0.05) is 43.4 Å². The number of amides is 1. The Morgan fingerprint density at radius 2 is 1.90 bits per heavy atom. The van der Waals surface area contributed by atoms with Gasteiger partial charge in [-0.15, -0.1) is 0 Å². The van der Waals surface area contributed by atoms with E-state index in [9.17, 15) is 9.59 Å². The molecule has 0 bridgehead atoms. The molecule has 2 unspecified atom stereocenters. The zero-order valence-corrected chi connectivity index (χ0v) is 24.6. The third kappa shape index (κ3) is 4.95. The summed E-state index contributed by atoms with van der Waals surface area (Å²) in [7, 11) is 0. The number of pyridine rings is 1. The SMILES string of the molecule is C=CC(=O)N1C[C@H](C)N(c2nc(=O)n(C3C(C)=CCNC3C(C)C)c3nc(-c4c(N)cccc4F)c(F)cc23)C[C@H]1C. The van der Waals surface area contributed by atoms with E-state index in [1.807, 2.05) is 31.7 Å². The molecule has 0 saturated carbocycles. The molecule has 0 spiro atoms. The van der Waals surface area contributed by atoms with Crippen molar-refractivity contribution in [1.82, 2.24) is 24.8 Å². The Kier molecular flexibility index (Phi) is 7.89. The molecule has 0 radical (unpaired) electrons. The fourth-order valence-electron chi connectivity index (χ4n) is 6.24. The minimum atomic E-state index is -0.789. The summed E-state index contributed by atoms with van der Waals surface area (Å²) in [4.78, 5) is 39.3. The fourth-order valence-corrected chi connectivity index (χ4v) is 6.24. The Morgan fingerprint density at radius 1 is 1.17 bits per heavy atom. The minimum absolute atomic E-state index is 0.0323. The van der Waals surface area contributed by atoms with Crippen molar-refractivity contribution in [3.63, 3.8) is 0 Å². The zero-order chi connectivity index (χ0) is 30.5. The van der Waals surface area contributed by atoms with Crippen LogP contribution in [0.2, 0.25) is 0 Å². The number of hydrogen-bond donors (Lipinski definition) is 2. The van der Waals surface area contributed by atoms with Crippen LogP contribution in [0.3, 0.4) is 0 Å². The molecular formula is C31H37F2N7O2. The summed E-state index contributed by atoms with van der Waals surface area (Å²) >= 11 is 0. The summed E-state index contributed by atoms with van der Waals surface area (Å²) in [6.45, 7) is 14.9. The van der Waals surface area contributed by atoms with Gasteiger partial charge in [-0.2, -0.15) is 4.98 Å². The number of anilines is 2. The second-order valence-corrected chi connectivity index (χ2v) is 11.6. The molecule has 1 saturated heterocycles. The van der Waals surface area contributed by atoms with Gasteiger partial charge in [0.2, 0.25) is 5.91 Å². The van der Waals surface area contributed by atoms with Crippen molar-refractivity contribution in [2.45, 2.75) is 58.8 Å². The highest BCUT2D eigenvalue weighted by molar-refractivity contribution is 5.91. The zero-order valence-electron chi connectivity index (χ0n) is 24.6. The van der Waals surface area contributed by atoms with Gasteiger partial charge >= 0.3 is 5.69 Å². The maximum absolute atomic E-state index is 15.9. The van der Waals surface area contributed by atoms with Crippen molar-refractivity contribution in [3.8, 4) is 11.3 Å². The minimum Gasteiger partial charge on any atom is -0.398 e. The van der Waals surface area contributed by atoms with Gasteiger partial charge in [-0.05, 0) is 51.0 Å². The van der Waals surface area contributed by atoms with Gasteiger partial charge < -0.3 is 20.9 Å². The second kappa shape index (κ2) is 11.3. The number of nitrogen functional groups attached to an aromatic ring is 1. The normalized spacial score (nSPS) is 22.9. The molecule has 5 rings (SSSR count). The monoisotopic (exact) mass is 577 g/mol. The summed E-state index contributed by atoms with van der Waals surface area (Å²) in [5.74, 6) is -1.29. The Morgan fingerprint density at radius 3 is 2.57 bits per heavy atom. The van der Waals surface area contributed by atoms with Crippen LogP contribution in [0.5, 0.6) is 0 Å². The molecule has 9 nitrogen and oxygen atoms in total. The molecule has 222 valence electrons. The molecule has 2 aliphatic heterocycles. The van der Waals surface area contributed by atoms with Gasteiger partial charge in [-0.25, -0.2) is 18.6 Å². The van der Waals surface area contributed by atoms with Crippen LogP contribution < -0.4 is 21.6 Å². The number of nitrogens with one attached hydrogen (secondary N) is 1. The number of carbonyl (C=O) groups excluding carboxylic acids is 1. The molecule has 4 heterocycles. The fraction of sp³-hybridized carbons (Fsp3) is 0.419. The first kappa shape index (κ1) is 29.4. The number of benzene rings is 1. The van der Waals surface area contributed by atoms with Crippen LogP contribution in [-0.4, -0.2) is 63.1 Å². The number of nitrogens with two attached hydrogens (primary N) is 1. The number of fused-ring (bicyclic) bond motifs is 1. The Hall–Kier alpha value is -4.12. The summed E-state index contributed by atoms with van der Waals surface area (Å²) in [5, 5.41) is 3.79. The van der Waals surface area contributed by atoms with Gasteiger partial charge in [-0.3, -0.25) is 9.36 Å². The van der Waals surface area contributed by atoms with Crippen molar-refractivity contribution in [2.24, 2.45) is 5.92 Å². The van der Waals surface area contributed by atoms with Crippen molar-refractivity contribution < 1.29 is 13.6 Å². The highest BCUT2D eigenvalue weighted by Gasteiger charge is 2.36. The Labute approximate surface area is 243 Å². The molecule has 2 aromatic heterocycles. The lowest BCUT2D eigenvalue weighted by molar-refractivity contribution is -0.128. The van der Waals surface area contributed by atoms with Crippen molar-refractivity contribution in [2.75, 3.05) is 30.3 Å². The van der Waals surface area contributed by atoms with Crippen LogP contribution in [0.15, 0.2) is 53.4 Å². The van der Waals surface area contributed by atoms with Crippen LogP contribution in [0.1, 0.15) is 40.7 Å². The van der Waals surface area contributed by atoms with Gasteiger partial charge in [0.15, 0.2) is 5.82 Å². The number of aromatic nitrogens is 3. The van der Waals surface area contributed by atoms with E-state index in [0.29, 0.717) is 25.0 Å². The smallest absolute Gasteiger partial charge is 0.351 e. The number of carbonyl (C=O) groups is 1. The van der Waals surface area contributed by atoms with E-state index in [4.69, 9.17) is 5.73 Å². The molecule has 42 heavy (non-hydrogen) atoms. The van der Waals surface area contributed by atoms with Crippen molar-refractivity contribution in [3.05, 3.63) is 70.7 Å². The number of rotatable bonds is 5. The third-order valence-corrected chi connectivity index (χ3v) is 8.41. The summed E-state index contributed by atoms with van der Waals surface area (Å²) in [6, 6.07) is 4.32. The average molecular weight is 578 g/mol. The molecule has 1 amide bonds. The highest BCUT2D eigenvalue weighted by atomic mass is 19.1. The molecule has 1 aromatic carbocycles. The van der Waals surface area contributed by atoms with E-state index in [0.717, 1.165) is 5.57 Å². The van der Waals surface area contributed by atoms with E-state index < -0.39 is 23.4 Å². The number of piperazine rings is 1. The molecule has 2 aliphatic rings. The Bertz CT molecular complexity index is 1630. The largest absolute Gasteiger partial charge is 0.398 e. The summed E-state index contributed by atoms with van der Waals surface area (Å²) in [6.07, 6.45) is 3.29. The first-order valence-corrected chi connectivity index (χ1v) is 14.2. The first-order chi connectivity index (χ1) is 19.9. The van der Waals surface area contributed by atoms with Gasteiger partial charge in [0.05, 0.1) is 17.0 Å². The van der Waals surface area contributed by atoms with Crippen LogP contribution >= 0.6 is 0 Å². The molecule has 0 aliphatic carbocycles. The molecule has 3 aromatic rings. The van der Waals surface area contributed by atoms with E-state index in [2.05, 4.69) is 35.7 Å². The average Bonchev–Trinajstić information content (AvgIpc) is 2.94. The van der Waals surface area contributed by atoms with Crippen LogP contribution in [-0.2, 0) is 4.79 Å². The van der Waals surface area contributed by atoms with Gasteiger partial charge in [0.1, 0.15) is 23.0 Å². The highest BCUT2D eigenvalue weighted by Crippen LogP contribution is 2.37. The van der Waals surface area contributed by atoms with E-state index in [1.54, 1.807) is 4.90 Å². The van der Waals surface area contributed by atoms with Gasteiger partial charge in [0.25, 0.3) is 0 Å². The lowest BCUT2D eigenvalue weighted by Crippen LogP contribution is -2.58. The predicted molar refractivity (Wildman–Crippen MR) is 161 cm³/mol. The van der Waals surface area contributed by atoms with E-state index >= 15 is 8.78 Å². The predicted octanol–water partition coefficient (Wildman–Crippen LogP) is 4.05. The molecule has 11 heteroatoms. The maximum Gasteiger partial charge on any atom is 0.351 e. The third-order valence-electron chi connectivity index (χ3n) is 8.41. The maximum atomic E-state index is 15.9. The van der Waals surface area contributed by atoms with Crippen LogP contribution in [0, 0.1) is 17.6 Å². The lowest BCUT2D eigenvalue weighted by Gasteiger charge is -2.44. The number of halogens is 2.